The lowest BCUT2D eigenvalue weighted by Crippen LogP contribution is -2.50. The van der Waals surface area contributed by atoms with E-state index in [0.717, 1.165) is 5.56 Å². The van der Waals surface area contributed by atoms with Crippen LogP contribution in [0.1, 0.15) is 44.6 Å². The van der Waals surface area contributed by atoms with Crippen LogP contribution in [0.25, 0.3) is 0 Å². The number of Topliss-reactive ketones (excluding diaryl/α,β-unsaturated/α-hetero) is 2. The summed E-state index contributed by atoms with van der Waals surface area (Å²) in [5, 5.41) is 0. The minimum Gasteiger partial charge on any atom is -0.355 e. The number of aryl methyl sites for hydroxylation is 1. The first kappa shape index (κ1) is 21.4. The molecule has 1 saturated heterocycles. The molecule has 0 saturated carbocycles. The van der Waals surface area contributed by atoms with Gasteiger partial charge in [-0.25, -0.2) is 8.42 Å². The molecule has 1 fully saturated rings. The maximum absolute atomic E-state index is 12.7. The van der Waals surface area contributed by atoms with Gasteiger partial charge in [-0.3, -0.25) is 14.5 Å². The molecule has 1 N–H and O–H groups in total. The molecule has 1 aromatic carbocycles. The first-order valence-electron chi connectivity index (χ1n) is 9.66. The summed E-state index contributed by atoms with van der Waals surface area (Å²) < 4.78 is 26.8. The number of aromatic nitrogens is 1. The minimum absolute atomic E-state index is 0.0124. The fourth-order valence-electron chi connectivity index (χ4n) is 3.88. The zero-order chi connectivity index (χ0) is 21.2. The van der Waals surface area contributed by atoms with Crippen molar-refractivity contribution < 1.29 is 18.0 Å². The highest BCUT2D eigenvalue weighted by molar-refractivity contribution is 7.88. The highest BCUT2D eigenvalue weighted by Crippen LogP contribution is 2.20. The lowest BCUT2D eigenvalue weighted by Gasteiger charge is -2.33. The van der Waals surface area contributed by atoms with E-state index in [1.807, 2.05) is 35.2 Å². The summed E-state index contributed by atoms with van der Waals surface area (Å²) in [7, 11) is -3.38. The Morgan fingerprint density at radius 1 is 1.03 bits per heavy atom. The minimum atomic E-state index is -3.38. The van der Waals surface area contributed by atoms with Gasteiger partial charge < -0.3 is 4.98 Å². The van der Waals surface area contributed by atoms with E-state index in [-0.39, 0.29) is 23.9 Å². The van der Waals surface area contributed by atoms with Crippen LogP contribution in [0, 0.1) is 13.8 Å². The third-order valence-corrected chi connectivity index (χ3v) is 7.20. The van der Waals surface area contributed by atoms with Crippen molar-refractivity contribution >= 4 is 21.6 Å². The first-order chi connectivity index (χ1) is 13.7. The summed E-state index contributed by atoms with van der Waals surface area (Å²) in [4.78, 5) is 29.5. The molecule has 156 valence electrons. The standard InChI is InChI=1S/C21H27N3O4S/c1-15-20(17(3)25)16(2)22-21(15)19(26)13-23-9-11-24(12-10-23)29(27,28)14-18-7-5-4-6-8-18/h4-8,22H,9-14H2,1-3H3. The van der Waals surface area contributed by atoms with Crippen LogP contribution in [0.4, 0.5) is 0 Å². The molecule has 2 heterocycles. The van der Waals surface area contributed by atoms with E-state index in [1.54, 1.807) is 13.8 Å². The second-order valence-electron chi connectivity index (χ2n) is 7.52. The van der Waals surface area contributed by atoms with Crippen molar-refractivity contribution in [3.63, 3.8) is 0 Å². The molecule has 0 atom stereocenters. The van der Waals surface area contributed by atoms with Crippen LogP contribution >= 0.6 is 0 Å². The Morgan fingerprint density at radius 2 is 1.66 bits per heavy atom. The Kier molecular flexibility index (Phi) is 6.36. The van der Waals surface area contributed by atoms with E-state index < -0.39 is 10.0 Å². The molecule has 1 aliphatic rings. The van der Waals surface area contributed by atoms with E-state index in [2.05, 4.69) is 4.98 Å². The number of hydrogen-bond donors (Lipinski definition) is 1. The number of ketones is 2. The van der Waals surface area contributed by atoms with Crippen LogP contribution in [0.5, 0.6) is 0 Å². The van der Waals surface area contributed by atoms with Gasteiger partial charge in [0.2, 0.25) is 10.0 Å². The van der Waals surface area contributed by atoms with Crippen molar-refractivity contribution in [3.05, 3.63) is 58.4 Å². The summed E-state index contributed by atoms with van der Waals surface area (Å²) in [6.45, 7) is 6.99. The van der Waals surface area contributed by atoms with Crippen molar-refractivity contribution in [2.45, 2.75) is 26.5 Å². The Hall–Kier alpha value is -2.29. The van der Waals surface area contributed by atoms with Gasteiger partial charge in [-0.1, -0.05) is 30.3 Å². The quantitative estimate of drug-likeness (QED) is 0.697. The third kappa shape index (κ3) is 4.83. The normalized spacial score (nSPS) is 16.1. The van der Waals surface area contributed by atoms with Crippen LogP contribution in [0.15, 0.2) is 30.3 Å². The van der Waals surface area contributed by atoms with Gasteiger partial charge in [-0.2, -0.15) is 4.31 Å². The molecule has 29 heavy (non-hydrogen) atoms. The van der Waals surface area contributed by atoms with Crippen LogP contribution in [0.2, 0.25) is 0 Å². The molecule has 0 aliphatic carbocycles. The molecule has 2 aromatic rings. The second-order valence-corrected chi connectivity index (χ2v) is 9.49. The van der Waals surface area contributed by atoms with Gasteiger partial charge in [0.15, 0.2) is 11.6 Å². The average molecular weight is 418 g/mol. The predicted octanol–water partition coefficient (Wildman–Crippen LogP) is 2.16. The topological polar surface area (TPSA) is 90.6 Å². The van der Waals surface area contributed by atoms with Crippen LogP contribution in [0.3, 0.4) is 0 Å². The molecule has 8 heteroatoms. The van der Waals surface area contributed by atoms with Crippen LogP contribution in [-0.2, 0) is 15.8 Å². The summed E-state index contributed by atoms with van der Waals surface area (Å²) in [6.07, 6.45) is 0. The van der Waals surface area contributed by atoms with Crippen LogP contribution < -0.4 is 0 Å². The Morgan fingerprint density at radius 3 is 2.21 bits per heavy atom. The van der Waals surface area contributed by atoms with E-state index in [9.17, 15) is 18.0 Å². The number of nitrogens with one attached hydrogen (secondary N) is 1. The summed E-state index contributed by atoms with van der Waals surface area (Å²) in [5.41, 5.74) is 3.19. The van der Waals surface area contributed by atoms with Gasteiger partial charge in [0.1, 0.15) is 0 Å². The number of rotatable bonds is 7. The molecule has 0 radical (unpaired) electrons. The van der Waals surface area contributed by atoms with Crippen molar-refractivity contribution in [1.29, 1.82) is 0 Å². The summed E-state index contributed by atoms with van der Waals surface area (Å²) >= 11 is 0. The monoisotopic (exact) mass is 417 g/mol. The molecule has 0 unspecified atom stereocenters. The van der Waals surface area contributed by atoms with Gasteiger partial charge in [0, 0.05) is 37.4 Å². The number of aromatic amines is 1. The highest BCUT2D eigenvalue weighted by Gasteiger charge is 2.29. The van der Waals surface area contributed by atoms with Gasteiger partial charge in [-0.05, 0) is 31.9 Å². The molecule has 1 aromatic heterocycles. The molecule has 0 spiro atoms. The Balaban J connectivity index is 1.59. The zero-order valence-electron chi connectivity index (χ0n) is 17.1. The molecular formula is C21H27N3O4S. The van der Waals surface area contributed by atoms with Crippen molar-refractivity contribution in [2.24, 2.45) is 0 Å². The van der Waals surface area contributed by atoms with E-state index >= 15 is 0 Å². The lowest BCUT2D eigenvalue weighted by atomic mass is 10.1. The number of carbonyl (C=O) groups excluding carboxylic acids is 2. The number of nitrogens with zero attached hydrogens (tertiary/aromatic N) is 2. The molecule has 1 aliphatic heterocycles. The highest BCUT2D eigenvalue weighted by atomic mass is 32.2. The fourth-order valence-corrected chi connectivity index (χ4v) is 5.40. The maximum Gasteiger partial charge on any atom is 0.218 e. The Labute approximate surface area is 171 Å². The molecule has 3 rings (SSSR count). The smallest absolute Gasteiger partial charge is 0.218 e. The summed E-state index contributed by atoms with van der Waals surface area (Å²) in [6, 6.07) is 9.13. The first-order valence-corrected chi connectivity index (χ1v) is 11.3. The van der Waals surface area contributed by atoms with Crippen LogP contribution in [-0.4, -0.2) is 66.9 Å². The maximum atomic E-state index is 12.7. The van der Waals surface area contributed by atoms with Crippen molar-refractivity contribution in [2.75, 3.05) is 32.7 Å². The third-order valence-electron chi connectivity index (χ3n) is 5.35. The van der Waals surface area contributed by atoms with Crippen molar-refractivity contribution in [1.82, 2.24) is 14.2 Å². The van der Waals surface area contributed by atoms with Crippen molar-refractivity contribution in [3.8, 4) is 0 Å². The van der Waals surface area contributed by atoms with E-state index in [1.165, 1.54) is 11.2 Å². The lowest BCUT2D eigenvalue weighted by molar-refractivity contribution is 0.0896. The average Bonchev–Trinajstić information content (AvgIpc) is 2.97. The fraction of sp³-hybridized carbons (Fsp3) is 0.429. The number of piperazine rings is 1. The number of benzene rings is 1. The molecular weight excluding hydrogens is 390 g/mol. The molecule has 0 bridgehead atoms. The molecule has 0 amide bonds. The van der Waals surface area contributed by atoms with Gasteiger partial charge >= 0.3 is 0 Å². The van der Waals surface area contributed by atoms with Gasteiger partial charge in [0.05, 0.1) is 18.0 Å². The van der Waals surface area contributed by atoms with Gasteiger partial charge in [0.25, 0.3) is 0 Å². The largest absolute Gasteiger partial charge is 0.355 e. The zero-order valence-corrected chi connectivity index (χ0v) is 17.9. The summed E-state index contributed by atoms with van der Waals surface area (Å²) in [5.74, 6) is -0.159. The van der Waals surface area contributed by atoms with E-state index in [4.69, 9.17) is 0 Å². The molecule has 7 nitrogen and oxygen atoms in total. The number of H-pyrrole nitrogens is 1. The van der Waals surface area contributed by atoms with E-state index in [0.29, 0.717) is 48.7 Å². The van der Waals surface area contributed by atoms with Gasteiger partial charge in [-0.15, -0.1) is 0 Å². The number of sulfonamides is 1. The number of hydrogen-bond acceptors (Lipinski definition) is 5. The Bertz CT molecular complexity index is 1000. The SMILES string of the molecule is CC(=O)c1c(C)[nH]c(C(=O)CN2CCN(S(=O)(=O)Cc3ccccc3)CC2)c1C. The second kappa shape index (κ2) is 8.61. The predicted molar refractivity (Wildman–Crippen MR) is 112 cm³/mol. The number of carbonyl (C=O) groups is 2.